The zero-order valence-electron chi connectivity index (χ0n) is 60.4. The van der Waals surface area contributed by atoms with Gasteiger partial charge < -0.3 is 97.8 Å². The Morgan fingerprint density at radius 1 is 0.430 bits per heavy atom. The molecule has 0 fully saturated rings. The smallest absolute Gasteiger partial charge is 0.243 e. The van der Waals surface area contributed by atoms with E-state index in [-0.39, 0.29) is 91.7 Å². The summed E-state index contributed by atoms with van der Waals surface area (Å²) in [5.41, 5.74) is 33.9. The lowest BCUT2D eigenvalue weighted by Gasteiger charge is -2.26. The van der Waals surface area contributed by atoms with Gasteiger partial charge in [0.1, 0.15) is 83.7 Å². The van der Waals surface area contributed by atoms with Crippen LogP contribution in [0, 0.1) is 0 Å². The molecular weight excluding hydrogens is 1380 g/mol. The van der Waals surface area contributed by atoms with E-state index in [2.05, 4.69) is 41.5 Å². The number of nitrogens with zero attached hydrogens (tertiary/aromatic N) is 9. The van der Waals surface area contributed by atoms with Gasteiger partial charge in [0, 0.05) is 39.8 Å². The van der Waals surface area contributed by atoms with Crippen LogP contribution in [-0.2, 0) is 65.5 Å². The van der Waals surface area contributed by atoms with Gasteiger partial charge in [0.15, 0.2) is 23.3 Å². The van der Waals surface area contributed by atoms with Crippen LogP contribution in [0.4, 0.5) is 0 Å². The monoisotopic (exact) mass is 1470 g/mol. The van der Waals surface area contributed by atoms with Crippen molar-refractivity contribution in [1.29, 1.82) is 0 Å². The molecule has 8 aromatic rings. The molecule has 2 aliphatic heterocycles. The number of unbranched alkanes of at least 4 members (excludes halogenated alkanes) is 4. The molecule has 16 N–H and O–H groups in total. The maximum atomic E-state index is 14.1. The molecule has 0 aliphatic carbocycles. The van der Waals surface area contributed by atoms with Gasteiger partial charge in [-0.05, 0) is 115 Å². The molecule has 0 saturated heterocycles. The van der Waals surface area contributed by atoms with Crippen molar-refractivity contribution in [2.75, 3.05) is 113 Å². The SMILES string of the molecule is COCCOCCOCCOc1ccc(OCCOCCOCCOCc2cn(CC(=O)N[C@@H](CCCCN)C(=O)N[C@@H](CCCCN)C(=O)N[C@@H](CCCCN)C(=O)N[C@@H](CCCCN)C(N)=O)nn2)c2c1-c1nc-2nc2[nH]c(nc3nc(nc4[nH]c(n1)c1ccccc41)-c1ccccc1-3)c1ccccc21. The first-order valence-corrected chi connectivity index (χ1v) is 36.5. The molecule has 107 heavy (non-hydrogen) atoms. The van der Waals surface area contributed by atoms with Gasteiger partial charge >= 0.3 is 0 Å². The zero-order chi connectivity index (χ0) is 75.1. The lowest BCUT2D eigenvalue weighted by Crippen LogP contribution is -2.58. The predicted molar refractivity (Wildman–Crippen MR) is 400 cm³/mol. The maximum absolute atomic E-state index is 14.1. The van der Waals surface area contributed by atoms with E-state index < -0.39 is 53.7 Å². The number of methoxy groups -OCH3 is 1. The van der Waals surface area contributed by atoms with Gasteiger partial charge in [-0.25, -0.2) is 34.6 Å². The number of H-pyrrole nitrogens is 2. The number of hydrogen-bond donors (Lipinski definition) is 11. The quantitative estimate of drug-likeness (QED) is 0.0239. The Labute approximate surface area is 618 Å². The first kappa shape index (κ1) is 79.5. The highest BCUT2D eigenvalue weighted by atomic mass is 16.6. The summed E-state index contributed by atoms with van der Waals surface area (Å²) in [5.74, 6) is -0.533. The minimum absolute atomic E-state index is 0.0699. The van der Waals surface area contributed by atoms with Crippen LogP contribution in [0.5, 0.6) is 11.5 Å². The van der Waals surface area contributed by atoms with Gasteiger partial charge in [-0.15, -0.1) is 5.10 Å². The number of benzene rings is 4. The topological polar surface area (TPSA) is 477 Å². The van der Waals surface area contributed by atoms with Crippen molar-refractivity contribution in [2.45, 2.75) is 114 Å². The van der Waals surface area contributed by atoms with E-state index in [9.17, 15) is 24.0 Å². The molecule has 4 aromatic carbocycles. The molecular formula is C74H98N20O13. The molecule has 10 rings (SSSR count). The fourth-order valence-corrected chi connectivity index (χ4v) is 12.2. The van der Waals surface area contributed by atoms with Gasteiger partial charge in [0.05, 0.1) is 90.0 Å². The highest BCUT2D eigenvalue weighted by molar-refractivity contribution is 6.07. The largest absolute Gasteiger partial charge is 0.490 e. The third kappa shape index (κ3) is 22.5. The molecule has 33 heteroatoms. The van der Waals surface area contributed by atoms with Crippen molar-refractivity contribution in [1.82, 2.24) is 76.1 Å². The van der Waals surface area contributed by atoms with Crippen LogP contribution in [-0.4, -0.2) is 221 Å². The van der Waals surface area contributed by atoms with Gasteiger partial charge in [0.2, 0.25) is 29.5 Å². The molecule has 4 atom stereocenters. The minimum Gasteiger partial charge on any atom is -0.490 e. The Morgan fingerprint density at radius 2 is 0.794 bits per heavy atom. The Morgan fingerprint density at radius 3 is 1.21 bits per heavy atom. The van der Waals surface area contributed by atoms with Gasteiger partial charge in [0.25, 0.3) is 0 Å². The van der Waals surface area contributed by atoms with E-state index in [1.807, 2.05) is 84.9 Å². The van der Waals surface area contributed by atoms with E-state index in [1.165, 1.54) is 4.68 Å². The van der Waals surface area contributed by atoms with Gasteiger partial charge in [-0.1, -0.05) is 78.0 Å². The summed E-state index contributed by atoms with van der Waals surface area (Å²) in [4.78, 5) is 106. The molecule has 0 radical (unpaired) electrons. The van der Waals surface area contributed by atoms with Crippen molar-refractivity contribution < 1.29 is 61.9 Å². The second-order valence-corrected chi connectivity index (χ2v) is 25.5. The second kappa shape index (κ2) is 41.7. The van der Waals surface area contributed by atoms with Gasteiger partial charge in [-0.3, -0.25) is 24.0 Å². The van der Waals surface area contributed by atoms with E-state index >= 15 is 0 Å². The number of nitrogens with one attached hydrogen (secondary N) is 6. The molecule has 5 amide bonds. The van der Waals surface area contributed by atoms with E-state index in [4.69, 9.17) is 96.5 Å². The summed E-state index contributed by atoms with van der Waals surface area (Å²) in [5, 5.41) is 22.6. The van der Waals surface area contributed by atoms with Crippen LogP contribution >= 0.6 is 0 Å². The molecule has 33 nitrogen and oxygen atoms in total. The lowest BCUT2D eigenvalue weighted by molar-refractivity contribution is -0.134. The molecule has 4 aromatic heterocycles. The maximum Gasteiger partial charge on any atom is 0.243 e. The third-order valence-corrected chi connectivity index (χ3v) is 17.7. The average Bonchev–Trinajstić information content (AvgIpc) is 1.60. The van der Waals surface area contributed by atoms with Crippen molar-refractivity contribution in [2.24, 2.45) is 28.7 Å². The van der Waals surface area contributed by atoms with Crippen LogP contribution in [0.15, 0.2) is 91.1 Å². The summed E-state index contributed by atoms with van der Waals surface area (Å²) in [6.07, 6.45) is 6.79. The molecule has 6 heterocycles. The number of carbonyl (C=O) groups is 5. The van der Waals surface area contributed by atoms with Crippen LogP contribution in [0.1, 0.15) is 82.7 Å². The standard InChI is InChI=1S/C74H98N20O13/c1-100-32-33-101-34-36-103-40-42-106-58-26-27-59(62-61(58)70-89-68-52-20-6-4-18-50(52)66(87-68)85-64-48-16-2-3-17-49(48)65(84-64)86-67-51-19-5-7-21-53(51)69(88-67)90-71(62)91-70)107-43-41-104-37-35-102-38-39-105-46-47-44-94(93-92-47)45-60(95)80-55(23-9-13-29-76)72(97)82-57(25-11-15-31-78)74(99)83-56(24-10-14-30-77)73(98)81-54(63(79)96)22-8-12-28-75/h2-7,16-21,26-27,44,54-57H,8-15,22-25,28-43,45-46,75-78H2,1H3,(H2,79,96)(H,80,95)(H,81,98)(H,82,97)(H,83,99)(H2,84,85,86,87,88,89,90,91)/t54-,55-,56-,57-/m0/s1. The van der Waals surface area contributed by atoms with Crippen molar-refractivity contribution >= 4 is 73.7 Å². The molecule has 8 bridgehead atoms. The summed E-state index contributed by atoms with van der Waals surface area (Å²) < 4.78 is 48.6. The number of amides is 5. The van der Waals surface area contributed by atoms with Crippen molar-refractivity contribution in [3.63, 3.8) is 0 Å². The summed E-state index contributed by atoms with van der Waals surface area (Å²) in [6.45, 7) is 4.77. The normalized spacial score (nSPS) is 12.8. The van der Waals surface area contributed by atoms with Crippen molar-refractivity contribution in [3.8, 4) is 57.1 Å². The predicted octanol–water partition coefficient (Wildman–Crippen LogP) is 4.09. The Kier molecular flexibility index (Phi) is 31.0. The summed E-state index contributed by atoms with van der Waals surface area (Å²) in [7, 11) is 1.62. The zero-order valence-corrected chi connectivity index (χ0v) is 60.4. The first-order valence-electron chi connectivity index (χ1n) is 36.5. The van der Waals surface area contributed by atoms with Crippen molar-refractivity contribution in [3.05, 3.63) is 96.8 Å². The highest BCUT2D eigenvalue weighted by Crippen LogP contribution is 2.47. The molecule has 0 unspecified atom stereocenters. The number of rotatable bonds is 48. The number of nitrogens with two attached hydrogens (primary N) is 5. The lowest BCUT2D eigenvalue weighted by atomic mass is 10.0. The van der Waals surface area contributed by atoms with E-state index in [0.29, 0.717) is 178 Å². The van der Waals surface area contributed by atoms with E-state index in [1.54, 1.807) is 13.3 Å². The molecule has 572 valence electrons. The Bertz CT molecular complexity index is 4420. The van der Waals surface area contributed by atoms with Crippen LogP contribution in [0.2, 0.25) is 0 Å². The van der Waals surface area contributed by atoms with Crippen LogP contribution in [0.25, 0.3) is 89.7 Å². The average molecular weight is 1480 g/mol. The number of hydrogen-bond acceptors (Lipinski definition) is 25. The van der Waals surface area contributed by atoms with Crippen LogP contribution < -0.4 is 59.4 Å². The minimum atomic E-state index is -1.10. The number of ether oxygens (including phenoxy) is 8. The number of aromatic amines is 2. The highest BCUT2D eigenvalue weighted by Gasteiger charge is 2.33. The number of carbonyl (C=O) groups excluding carboxylic acids is 5. The molecule has 2 aliphatic rings. The van der Waals surface area contributed by atoms with E-state index in [0.717, 1.165) is 32.7 Å². The third-order valence-electron chi connectivity index (χ3n) is 17.7. The number of primary amides is 1. The number of fused-ring (bicyclic) bond motifs is 20. The second-order valence-electron chi connectivity index (χ2n) is 25.5. The first-order chi connectivity index (χ1) is 52.4. The summed E-state index contributed by atoms with van der Waals surface area (Å²) in [6, 6.07) is 23.0. The van der Waals surface area contributed by atoms with Gasteiger partial charge in [-0.2, -0.15) is 0 Å². The number of aromatic nitrogens is 11. The molecule has 0 saturated carbocycles. The Balaban J connectivity index is 0.743. The Hall–Kier alpha value is -10.1. The summed E-state index contributed by atoms with van der Waals surface area (Å²) >= 11 is 0. The fourth-order valence-electron chi connectivity index (χ4n) is 12.2. The fraction of sp³-hybridized carbons (Fsp3) is 0.473. The van der Waals surface area contributed by atoms with Crippen LogP contribution in [0.3, 0.4) is 0 Å². The molecule has 0 spiro atoms.